The molecule has 89 heavy (non-hydrogen) atoms. The fraction of sp³-hybridized carbons (Fsp3) is 0.544. The lowest BCUT2D eigenvalue weighted by atomic mass is 9.33. The van der Waals surface area contributed by atoms with E-state index in [0.29, 0.717) is 73.7 Å². The van der Waals surface area contributed by atoms with Crippen molar-refractivity contribution in [1.29, 1.82) is 0 Å². The number of amides is 5. The summed E-state index contributed by atoms with van der Waals surface area (Å²) in [5.74, 6) is -2.01. The maximum atomic E-state index is 13.7. The first-order chi connectivity index (χ1) is 42.8. The molecule has 1 unspecified atom stereocenters. The highest BCUT2D eigenvalue weighted by atomic mass is 32.2. The van der Waals surface area contributed by atoms with Gasteiger partial charge in [0.25, 0.3) is 27.7 Å². The van der Waals surface area contributed by atoms with Crippen molar-refractivity contribution in [1.82, 2.24) is 29.6 Å². The number of hydrogen-bond donors (Lipinski definition) is 4. The third kappa shape index (κ3) is 15.6. The molecule has 5 amide bonds. The first kappa shape index (κ1) is 64.4. The molecule has 0 aromatic heterocycles. The van der Waals surface area contributed by atoms with E-state index in [1.807, 2.05) is 48.9 Å². The van der Waals surface area contributed by atoms with Gasteiger partial charge in [0.05, 0.1) is 55.7 Å². The Labute approximate surface area is 529 Å². The number of allylic oxidation sites excluding steroid dienone is 1. The van der Waals surface area contributed by atoms with E-state index in [0.717, 1.165) is 106 Å². The molecule has 3 saturated carbocycles. The first-order valence-corrected chi connectivity index (χ1v) is 34.5. The molecule has 21 heteroatoms. The van der Waals surface area contributed by atoms with Gasteiger partial charge in [-0.1, -0.05) is 56.2 Å². The Kier molecular flexibility index (Phi) is 20.4. The van der Waals surface area contributed by atoms with Crippen LogP contribution in [0, 0.1) is 23.2 Å². The summed E-state index contributed by atoms with van der Waals surface area (Å²) in [6.45, 7) is 22.7. The van der Waals surface area contributed by atoms with E-state index in [2.05, 4.69) is 73.2 Å². The minimum atomic E-state index is -4.15. The second-order valence-electron chi connectivity index (χ2n) is 26.6. The second-order valence-corrected chi connectivity index (χ2v) is 29.4. The summed E-state index contributed by atoms with van der Waals surface area (Å²) in [5.41, 5.74) is 8.90. The number of rotatable bonds is 29. The minimum Gasteiger partial charge on any atom is -0.382 e. The lowest BCUT2D eigenvalue weighted by Crippen LogP contribution is -2.61. The van der Waals surface area contributed by atoms with Gasteiger partial charge in [-0.05, 0) is 147 Å². The van der Waals surface area contributed by atoms with Crippen molar-refractivity contribution in [2.45, 2.75) is 107 Å². The number of anilines is 3. The summed E-state index contributed by atoms with van der Waals surface area (Å²) in [6.07, 6.45) is 8.96. The van der Waals surface area contributed by atoms with Gasteiger partial charge in [0.15, 0.2) is 0 Å². The molecule has 12 rings (SSSR count). The predicted octanol–water partition coefficient (Wildman–Crippen LogP) is 8.08. The third-order valence-corrected chi connectivity index (χ3v) is 21.8. The molecule has 6 fully saturated rings. The van der Waals surface area contributed by atoms with Gasteiger partial charge in [0.2, 0.25) is 11.8 Å². The molecule has 4 aromatic carbocycles. The largest absolute Gasteiger partial charge is 0.382 e. The number of ether oxygens (including phenoxy) is 3. The van der Waals surface area contributed by atoms with Gasteiger partial charge in [0, 0.05) is 124 Å². The van der Waals surface area contributed by atoms with E-state index < -0.39 is 45.6 Å². The number of aryl methyl sites for hydroxylation is 1. The van der Waals surface area contributed by atoms with Crippen LogP contribution in [0.4, 0.5) is 17.1 Å². The molecule has 8 aliphatic rings. The molecule has 0 radical (unpaired) electrons. The van der Waals surface area contributed by atoms with Crippen LogP contribution < -0.4 is 25.6 Å². The molecule has 0 spiro atoms. The van der Waals surface area contributed by atoms with Gasteiger partial charge in [-0.25, -0.2) is 13.1 Å². The molecule has 4 aliphatic carbocycles. The zero-order valence-corrected chi connectivity index (χ0v) is 53.9. The number of carbonyl (C=O) groups excluding carboxylic acids is 5. The van der Waals surface area contributed by atoms with Gasteiger partial charge in [-0.3, -0.25) is 44.0 Å². The molecule has 4 aromatic rings. The van der Waals surface area contributed by atoms with Gasteiger partial charge in [0.1, 0.15) is 6.04 Å². The van der Waals surface area contributed by atoms with E-state index >= 15 is 0 Å². The van der Waals surface area contributed by atoms with Crippen LogP contribution in [0.25, 0.3) is 0 Å². The number of carbonyl (C=O) groups is 5. The van der Waals surface area contributed by atoms with Crippen LogP contribution in [0.2, 0.25) is 0 Å². The van der Waals surface area contributed by atoms with Crippen LogP contribution in [-0.2, 0) is 33.8 Å². The van der Waals surface area contributed by atoms with E-state index in [4.69, 9.17) is 14.2 Å². The number of benzene rings is 4. The van der Waals surface area contributed by atoms with Crippen molar-refractivity contribution in [2.75, 3.05) is 139 Å². The van der Waals surface area contributed by atoms with E-state index in [9.17, 15) is 32.4 Å². The molecule has 19 nitrogen and oxygen atoms in total. The fourth-order valence-corrected chi connectivity index (χ4v) is 16.6. The average molecular weight is 1260 g/mol. The molecule has 2 bridgehead atoms. The summed E-state index contributed by atoms with van der Waals surface area (Å²) in [7, 11) is -4.15. The third-order valence-electron chi connectivity index (χ3n) is 19.3. The van der Waals surface area contributed by atoms with Crippen molar-refractivity contribution < 1.29 is 46.6 Å². The molecule has 4 N–H and O–H groups in total. The van der Waals surface area contributed by atoms with Crippen molar-refractivity contribution in [2.24, 2.45) is 16.2 Å². The molecular weight excluding hydrogens is 1170 g/mol. The Bertz CT molecular complexity index is 3350. The lowest BCUT2D eigenvalue weighted by molar-refractivity contribution is -0.167. The van der Waals surface area contributed by atoms with Gasteiger partial charge < -0.3 is 34.6 Å². The first-order valence-electron chi connectivity index (χ1n) is 32.0. The highest BCUT2D eigenvalue weighted by molar-refractivity contribution is 7.99. The summed E-state index contributed by atoms with van der Waals surface area (Å²) in [6, 6.07) is 26.7. The molecular formula is C68H89N9O10S2. The van der Waals surface area contributed by atoms with Crippen LogP contribution in [0.3, 0.4) is 0 Å². The Morgan fingerprint density at radius 2 is 1.40 bits per heavy atom. The van der Waals surface area contributed by atoms with Crippen LogP contribution in [0.1, 0.15) is 115 Å². The number of fused-ring (bicyclic) bond motifs is 1. The number of piperidine rings is 1. The fourth-order valence-electron chi connectivity index (χ4n) is 14.5. The number of sulfonamides is 1. The van der Waals surface area contributed by atoms with Crippen molar-refractivity contribution >= 4 is 68.4 Å². The number of piperazine rings is 2. The maximum Gasteiger partial charge on any atom is 0.264 e. The Morgan fingerprint density at radius 3 is 2.09 bits per heavy atom. The van der Waals surface area contributed by atoms with Crippen LogP contribution >= 0.6 is 11.8 Å². The molecule has 478 valence electrons. The van der Waals surface area contributed by atoms with Crippen LogP contribution in [-0.4, -0.2) is 194 Å². The van der Waals surface area contributed by atoms with Crippen LogP contribution in [0.15, 0.2) is 112 Å². The van der Waals surface area contributed by atoms with Gasteiger partial charge >= 0.3 is 0 Å². The maximum absolute atomic E-state index is 13.7. The van der Waals surface area contributed by atoms with E-state index in [-0.39, 0.29) is 34.9 Å². The van der Waals surface area contributed by atoms with Gasteiger partial charge in [-0.2, -0.15) is 0 Å². The average Bonchev–Trinajstić information content (AvgIpc) is 1.23. The second kappa shape index (κ2) is 28.1. The number of hydrogen-bond acceptors (Lipinski definition) is 17. The molecule has 3 saturated heterocycles. The Hall–Kier alpha value is -6.17. The highest BCUT2D eigenvalue weighted by Gasteiger charge is 2.67. The summed E-state index contributed by atoms with van der Waals surface area (Å²) in [5, 5.41) is 9.14. The summed E-state index contributed by atoms with van der Waals surface area (Å²) >= 11 is 1.80. The van der Waals surface area contributed by atoms with Crippen molar-refractivity contribution in [3.8, 4) is 0 Å². The predicted molar refractivity (Wildman–Crippen MR) is 346 cm³/mol. The summed E-state index contributed by atoms with van der Waals surface area (Å²) in [4.78, 5) is 76.2. The number of nitrogens with zero attached hydrogens (tertiary/aromatic N) is 5. The minimum absolute atomic E-state index is 0.0398. The molecule has 4 heterocycles. The van der Waals surface area contributed by atoms with E-state index in [1.165, 1.54) is 43.4 Å². The van der Waals surface area contributed by atoms with Crippen LogP contribution in [0.5, 0.6) is 0 Å². The number of thioether (sulfide) groups is 1. The quantitative estimate of drug-likeness (QED) is 0.0175. The topological polar surface area (TPSA) is 212 Å². The zero-order chi connectivity index (χ0) is 62.3. The molecule has 2 atom stereocenters. The molecule has 4 aliphatic heterocycles. The summed E-state index contributed by atoms with van der Waals surface area (Å²) < 4.78 is 47.1. The Balaban J connectivity index is 0.565. The van der Waals surface area contributed by atoms with E-state index in [1.54, 1.807) is 59.8 Å². The van der Waals surface area contributed by atoms with Crippen molar-refractivity contribution in [3.05, 3.63) is 124 Å². The number of imide groups is 2. The normalized spacial score (nSPS) is 23.4. The Morgan fingerprint density at radius 1 is 0.730 bits per heavy atom. The highest BCUT2D eigenvalue weighted by Crippen LogP contribution is 2.77. The van der Waals surface area contributed by atoms with Crippen molar-refractivity contribution in [3.63, 3.8) is 0 Å². The standard InChI is InChI=1S/C68H89N9O10S2/c1-48-41-54(89(83,84)72-62(79)49-13-15-52(16-14-49)76-32-30-75(31-33-76)43-50-21-23-66(2,3)42-56(50)68-45-67(4,46-68)47-68)17-18-57(48)70-51(44-88-53-9-6-5-7-10-53)22-25-73-26-28-74(29-27-73)34-36-86-38-40-87-39-37-85-35-24-69-58-12-8-11-55-61(58)65(82)77(64(55)81)59-19-20-60(78)71-63(59)80/h5-18,41,51,59,69-70H,19-40,42-47H2,1-4H3,(H,72,79)(H,71,78,80)/t51-,59?,67?,68?/m1/s1. The smallest absolute Gasteiger partial charge is 0.264 e. The van der Waals surface area contributed by atoms with Gasteiger partial charge in [-0.15, -0.1) is 11.8 Å². The number of nitrogens with one attached hydrogen (secondary N) is 4. The lowest BCUT2D eigenvalue weighted by Gasteiger charge is -2.72. The SMILES string of the molecule is Cc1cc(S(=O)(=O)NC(=O)c2ccc(N3CCN(CC4=C(C56CC(C)(C5)C6)CC(C)(C)CC4)CC3)cc2)ccc1N[C@H](CCN1CCN(CCOCCOCCOCCNc2cccc3c2C(=O)N(C2CCC(=O)NC2=O)C3=O)CC1)CSc1ccccc1. The monoisotopic (exact) mass is 1260 g/mol. The zero-order valence-electron chi connectivity index (χ0n) is 52.2.